The molecule has 0 aromatic heterocycles. The monoisotopic (exact) mass is 888 g/mol. The molecular weight excluding hydrogens is 823 g/mol. The van der Waals surface area contributed by atoms with Crippen LogP contribution < -0.4 is 0 Å². The summed E-state index contributed by atoms with van der Waals surface area (Å²) in [6.07, 6.45) is 16.7. The van der Waals surface area contributed by atoms with Crippen LogP contribution in [0, 0.1) is 30.5 Å². The Labute approximate surface area is 382 Å². The van der Waals surface area contributed by atoms with Crippen LogP contribution >= 0.6 is 24.8 Å². The van der Waals surface area contributed by atoms with E-state index in [-0.39, 0.29) is 46.5 Å². The third kappa shape index (κ3) is 12.8. The van der Waals surface area contributed by atoms with Crippen LogP contribution in [0.2, 0.25) is 0 Å². The Balaban J connectivity index is 0.000000309. The van der Waals surface area contributed by atoms with Gasteiger partial charge in [-0.3, -0.25) is 6.08 Å². The van der Waals surface area contributed by atoms with Gasteiger partial charge in [0.1, 0.15) is 0 Å². The minimum atomic E-state index is 0. The second-order valence-corrected chi connectivity index (χ2v) is 19.1. The second kappa shape index (κ2) is 21.0. The molecule has 0 bridgehead atoms. The van der Waals surface area contributed by atoms with Gasteiger partial charge in [-0.1, -0.05) is 117 Å². The molecule has 4 aromatic rings. The molecule has 0 saturated carbocycles. The third-order valence-corrected chi connectivity index (χ3v) is 11.4. The molecule has 310 valence electrons. The quantitative estimate of drug-likeness (QED) is 0.136. The van der Waals surface area contributed by atoms with Crippen LogP contribution in [-0.2, 0) is 52.3 Å². The maximum atomic E-state index is 3.34. The molecule has 0 N–H and O–H groups in total. The van der Waals surface area contributed by atoms with E-state index in [1.165, 1.54) is 96.6 Å². The van der Waals surface area contributed by atoms with Gasteiger partial charge in [0.2, 0.25) is 0 Å². The SMILES string of the molecule is CC(C)(C)c1cc[c-]cc1.CC(C)(C)c1cc[c-]cc1.CC1=CC(C)[C-]=C1.CC1=C[CH-]C(C)(C)c2cc3c(cc21)-c1cc2c(cc1C3)C(C)(C)CC=C2C.Cl.Cl.[CH2]=[Zr]. The Hall–Kier alpha value is -2.96. The fourth-order valence-electron chi connectivity index (χ4n) is 7.70. The zero-order valence-corrected chi connectivity index (χ0v) is 41.9. The Morgan fingerprint density at radius 3 is 1.50 bits per heavy atom. The molecule has 0 spiro atoms. The van der Waals surface area contributed by atoms with Crippen LogP contribution in [-0.4, -0.2) is 4.21 Å². The Morgan fingerprint density at radius 1 is 0.672 bits per heavy atom. The first-order valence-corrected chi connectivity index (χ1v) is 22.0. The molecular formula is C55H68Cl2Zr-4. The summed E-state index contributed by atoms with van der Waals surface area (Å²) in [5.41, 5.74) is 19.6. The van der Waals surface area contributed by atoms with Gasteiger partial charge in [-0.15, -0.1) is 44.2 Å². The van der Waals surface area contributed by atoms with Gasteiger partial charge in [-0.2, -0.15) is 83.4 Å². The molecule has 8 rings (SSSR count). The van der Waals surface area contributed by atoms with E-state index in [2.05, 4.69) is 193 Å². The fourth-order valence-corrected chi connectivity index (χ4v) is 7.70. The van der Waals surface area contributed by atoms with Crippen LogP contribution in [0.3, 0.4) is 0 Å². The third-order valence-electron chi connectivity index (χ3n) is 11.4. The topological polar surface area (TPSA) is 0 Å². The van der Waals surface area contributed by atoms with Gasteiger partial charge in [0.25, 0.3) is 0 Å². The summed E-state index contributed by atoms with van der Waals surface area (Å²) in [5.74, 6) is 0.556. The summed E-state index contributed by atoms with van der Waals surface area (Å²) in [6, 6.07) is 32.2. The Bertz CT molecular complexity index is 1960. The second-order valence-electron chi connectivity index (χ2n) is 19.1. The van der Waals surface area contributed by atoms with Crippen molar-refractivity contribution in [2.24, 2.45) is 5.92 Å². The Morgan fingerprint density at radius 2 is 1.12 bits per heavy atom. The van der Waals surface area contributed by atoms with Crippen LogP contribution in [0.1, 0.15) is 148 Å². The number of benzene rings is 4. The predicted octanol–water partition coefficient (Wildman–Crippen LogP) is 15.6. The summed E-state index contributed by atoms with van der Waals surface area (Å²) >= 11 is 1.30. The fraction of sp³-hybridized carbons (Fsp3) is 0.382. The molecule has 1 atom stereocenters. The number of rotatable bonds is 0. The number of halogens is 2. The van der Waals surface area contributed by atoms with E-state index in [0.717, 1.165) is 12.8 Å². The molecule has 3 heteroatoms. The van der Waals surface area contributed by atoms with E-state index < -0.39 is 0 Å². The molecule has 0 amide bonds. The average Bonchev–Trinajstić information content (AvgIpc) is 3.72. The van der Waals surface area contributed by atoms with Crippen LogP contribution in [0.4, 0.5) is 0 Å². The summed E-state index contributed by atoms with van der Waals surface area (Å²) in [6.45, 7) is 31.4. The van der Waals surface area contributed by atoms with E-state index in [1.54, 1.807) is 0 Å². The van der Waals surface area contributed by atoms with Crippen LogP contribution in [0.15, 0.2) is 103 Å². The van der Waals surface area contributed by atoms with Crippen molar-refractivity contribution in [3.05, 3.63) is 172 Å². The van der Waals surface area contributed by atoms with Crippen molar-refractivity contribution in [1.82, 2.24) is 0 Å². The average molecular weight is 891 g/mol. The molecule has 0 nitrogen and oxygen atoms in total. The van der Waals surface area contributed by atoms with Gasteiger partial charge in [0.15, 0.2) is 0 Å². The maximum absolute atomic E-state index is 3.34. The standard InChI is InChI=1S/C27H29.2C10H13.C7H9.CH2.2ClH.Zr/c1-16-7-9-26(3,4)24-12-18-11-19-13-25-21(17(2)8-10-27(25,5)6)15-23(19)22(18)14-20(16)24;2*1-10(2,3)9-7-5-4-6-8-9;1-6-3-4-7(2)5-6;;;;/h7-9,12-15H,10-11H2,1-6H3;2*5-8H,1-3H3;3,5,7H,1-2H3;1H2;2*1H;/q4*-1;;;;. The minimum absolute atomic E-state index is 0. The molecule has 1 unspecified atom stereocenters. The molecule has 0 radical (unpaired) electrons. The van der Waals surface area contributed by atoms with Gasteiger partial charge in [-0.25, -0.2) is 24.1 Å². The summed E-state index contributed by atoms with van der Waals surface area (Å²) < 4.78 is 3.34. The van der Waals surface area contributed by atoms with Crippen molar-refractivity contribution in [2.75, 3.05) is 0 Å². The molecule has 0 fully saturated rings. The molecule has 4 aromatic carbocycles. The predicted molar refractivity (Wildman–Crippen MR) is 257 cm³/mol. The summed E-state index contributed by atoms with van der Waals surface area (Å²) in [7, 11) is 0. The van der Waals surface area contributed by atoms with Crippen molar-refractivity contribution in [1.29, 1.82) is 0 Å². The molecule has 0 heterocycles. The molecule has 4 aliphatic rings. The number of hydrogen-bond acceptors (Lipinski definition) is 0. The van der Waals surface area contributed by atoms with E-state index in [4.69, 9.17) is 0 Å². The molecule has 0 saturated heterocycles. The molecule has 0 aliphatic heterocycles. The first kappa shape index (κ1) is 51.2. The number of fused-ring (bicyclic) bond motifs is 5. The van der Waals surface area contributed by atoms with Crippen molar-refractivity contribution in [3.8, 4) is 11.1 Å². The van der Waals surface area contributed by atoms with E-state index in [1.807, 2.05) is 30.3 Å². The first-order chi connectivity index (χ1) is 26.2. The van der Waals surface area contributed by atoms with Crippen LogP contribution in [0.5, 0.6) is 0 Å². The van der Waals surface area contributed by atoms with E-state index in [9.17, 15) is 0 Å². The number of allylic oxidation sites excluding steroid dienone is 8. The van der Waals surface area contributed by atoms with Crippen LogP contribution in [0.25, 0.3) is 22.3 Å². The molecule has 58 heavy (non-hydrogen) atoms. The van der Waals surface area contributed by atoms with Crippen molar-refractivity contribution < 1.29 is 24.2 Å². The van der Waals surface area contributed by atoms with Gasteiger partial charge in [0.05, 0.1) is 0 Å². The summed E-state index contributed by atoms with van der Waals surface area (Å²) in [5, 5.41) is 0. The van der Waals surface area contributed by atoms with Crippen molar-refractivity contribution >= 4 is 40.2 Å². The zero-order valence-electron chi connectivity index (χ0n) is 37.8. The summed E-state index contributed by atoms with van der Waals surface area (Å²) in [4.78, 5) is 0. The Kier molecular flexibility index (Phi) is 18.6. The van der Waals surface area contributed by atoms with Gasteiger partial charge in [0, 0.05) is 0 Å². The zero-order chi connectivity index (χ0) is 41.6. The normalized spacial score (nSPS) is 17.0. The number of hydrogen-bond donors (Lipinski definition) is 0. The molecule has 4 aliphatic carbocycles. The van der Waals surface area contributed by atoms with Crippen molar-refractivity contribution in [3.63, 3.8) is 0 Å². The van der Waals surface area contributed by atoms with Gasteiger partial charge in [-0.05, 0) is 81.0 Å². The van der Waals surface area contributed by atoms with Crippen molar-refractivity contribution in [2.45, 2.75) is 131 Å². The van der Waals surface area contributed by atoms with Gasteiger partial charge >= 0.3 is 28.4 Å². The first-order valence-electron chi connectivity index (χ1n) is 20.3. The van der Waals surface area contributed by atoms with E-state index >= 15 is 0 Å². The van der Waals surface area contributed by atoms with E-state index in [0.29, 0.717) is 5.92 Å². The van der Waals surface area contributed by atoms with Gasteiger partial charge < -0.3 is 0 Å².